The topological polar surface area (TPSA) is 128 Å². The van der Waals surface area contributed by atoms with Gasteiger partial charge in [-0.1, -0.05) is 5.16 Å². The van der Waals surface area contributed by atoms with Crippen molar-refractivity contribution in [2.45, 2.75) is 26.4 Å². The Kier molecular flexibility index (Phi) is 7.11. The van der Waals surface area contributed by atoms with E-state index in [9.17, 15) is 14.4 Å². The first-order valence-electron chi connectivity index (χ1n) is 6.70. The molecule has 11 heteroatoms. The number of carbonyl (C=O) groups excluding carboxylic acids is 3. The van der Waals surface area contributed by atoms with Crippen LogP contribution in [-0.4, -0.2) is 48.4 Å². The maximum atomic E-state index is 11.7. The number of nitrogens with zero attached hydrogens (tertiary/aromatic N) is 2. The van der Waals surface area contributed by atoms with Gasteiger partial charge < -0.3 is 24.9 Å². The van der Waals surface area contributed by atoms with Crippen molar-refractivity contribution in [3.63, 3.8) is 0 Å². The summed E-state index contributed by atoms with van der Waals surface area (Å²) >= 11 is 1.05. The highest BCUT2D eigenvalue weighted by Crippen LogP contribution is 2.20. The molecule has 0 saturated heterocycles. The second kappa shape index (κ2) is 8.82. The largest absolute Gasteiger partial charge is 0.444 e. The zero-order chi connectivity index (χ0) is 18.2. The van der Waals surface area contributed by atoms with Crippen LogP contribution in [0.25, 0.3) is 0 Å². The number of thiazole rings is 1. The van der Waals surface area contributed by atoms with Crippen LogP contribution in [0.4, 0.5) is 9.93 Å². The van der Waals surface area contributed by atoms with Crippen molar-refractivity contribution < 1.29 is 28.7 Å². The van der Waals surface area contributed by atoms with Gasteiger partial charge in [0.25, 0.3) is 0 Å². The summed E-state index contributed by atoms with van der Waals surface area (Å²) in [6.45, 7) is 4.84. The highest BCUT2D eigenvalue weighted by atomic mass is 32.1. The Morgan fingerprint density at radius 3 is 2.71 bits per heavy atom. The summed E-state index contributed by atoms with van der Waals surface area (Å²) < 4.78 is 9.82. The van der Waals surface area contributed by atoms with E-state index < -0.39 is 23.6 Å². The Bertz CT molecular complexity index is 622. The molecule has 1 heterocycles. The van der Waals surface area contributed by atoms with E-state index in [-0.39, 0.29) is 17.6 Å². The van der Waals surface area contributed by atoms with Gasteiger partial charge in [-0.05, 0) is 20.8 Å². The number of carbonyl (C=O) groups is 3. The van der Waals surface area contributed by atoms with Crippen molar-refractivity contribution >= 4 is 40.7 Å². The normalized spacial score (nSPS) is 11.0. The lowest BCUT2D eigenvalue weighted by atomic mass is 10.2. The molecule has 0 aliphatic rings. The van der Waals surface area contributed by atoms with Crippen molar-refractivity contribution in [1.82, 2.24) is 10.3 Å². The molecule has 0 atom stereocenters. The number of hydrogen-bond donors (Lipinski definition) is 2. The van der Waals surface area contributed by atoms with Gasteiger partial charge >= 0.3 is 12.1 Å². The third kappa shape index (κ3) is 8.08. The van der Waals surface area contributed by atoms with E-state index in [1.165, 1.54) is 12.5 Å². The second-order valence-electron chi connectivity index (χ2n) is 5.23. The monoisotopic (exact) mass is 358 g/mol. The number of rotatable bonds is 6. The van der Waals surface area contributed by atoms with Crippen LogP contribution in [0.3, 0.4) is 0 Å². The van der Waals surface area contributed by atoms with E-state index in [4.69, 9.17) is 9.47 Å². The lowest BCUT2D eigenvalue weighted by Gasteiger charge is -2.19. The van der Waals surface area contributed by atoms with E-state index in [1.807, 2.05) is 0 Å². The fourth-order valence-electron chi connectivity index (χ4n) is 1.22. The molecule has 0 aromatic carbocycles. The lowest BCUT2D eigenvalue weighted by Crippen LogP contribution is -2.37. The van der Waals surface area contributed by atoms with Crippen LogP contribution in [0.5, 0.6) is 5.88 Å². The number of amides is 2. The quantitative estimate of drug-likeness (QED) is 0.443. The molecule has 0 radical (unpaired) electrons. The summed E-state index contributed by atoms with van der Waals surface area (Å²) in [6.07, 6.45) is 0.131. The Labute approximate surface area is 142 Å². The van der Waals surface area contributed by atoms with Gasteiger partial charge in [0.05, 0.1) is 5.38 Å². The SMILES string of the molecule is CON=CC(=O)Oc1csc(NC(=O)CNC(=O)OC(C)(C)C)n1. The van der Waals surface area contributed by atoms with Gasteiger partial charge in [0, 0.05) is 0 Å². The molecule has 2 N–H and O–H groups in total. The first-order valence-corrected chi connectivity index (χ1v) is 7.58. The van der Waals surface area contributed by atoms with E-state index in [2.05, 4.69) is 25.6 Å². The number of aromatic nitrogens is 1. The van der Waals surface area contributed by atoms with Crippen LogP contribution in [0.15, 0.2) is 10.5 Å². The summed E-state index contributed by atoms with van der Waals surface area (Å²) in [4.78, 5) is 42.6. The van der Waals surface area contributed by atoms with Gasteiger partial charge in [0.1, 0.15) is 19.3 Å². The molecule has 0 spiro atoms. The Morgan fingerprint density at radius 1 is 1.38 bits per heavy atom. The summed E-state index contributed by atoms with van der Waals surface area (Å²) in [5.74, 6) is -1.27. The van der Waals surface area contributed by atoms with E-state index in [0.717, 1.165) is 17.6 Å². The third-order valence-electron chi connectivity index (χ3n) is 1.99. The van der Waals surface area contributed by atoms with E-state index in [0.29, 0.717) is 0 Å². The third-order valence-corrected chi connectivity index (χ3v) is 2.73. The molecular weight excluding hydrogens is 340 g/mol. The summed E-state index contributed by atoms with van der Waals surface area (Å²) in [5.41, 5.74) is -0.652. The molecule has 0 bridgehead atoms. The molecule has 0 fully saturated rings. The molecule has 1 aromatic heterocycles. The molecule has 0 unspecified atom stereocenters. The van der Waals surface area contributed by atoms with Crippen molar-refractivity contribution in [3.8, 4) is 5.88 Å². The van der Waals surface area contributed by atoms with Gasteiger partial charge in [-0.3, -0.25) is 4.79 Å². The van der Waals surface area contributed by atoms with Crippen LogP contribution >= 0.6 is 11.3 Å². The zero-order valence-electron chi connectivity index (χ0n) is 13.6. The molecule has 2 amide bonds. The maximum absolute atomic E-state index is 11.7. The average molecular weight is 358 g/mol. The second-order valence-corrected chi connectivity index (χ2v) is 6.09. The minimum Gasteiger partial charge on any atom is -0.444 e. The van der Waals surface area contributed by atoms with Gasteiger partial charge in [0.2, 0.25) is 11.8 Å². The number of ether oxygens (including phenoxy) is 2. The van der Waals surface area contributed by atoms with E-state index >= 15 is 0 Å². The Morgan fingerprint density at radius 2 is 2.08 bits per heavy atom. The molecule has 0 aliphatic heterocycles. The van der Waals surface area contributed by atoms with Gasteiger partial charge in [-0.2, -0.15) is 4.98 Å². The van der Waals surface area contributed by atoms with Crippen LogP contribution < -0.4 is 15.4 Å². The van der Waals surface area contributed by atoms with Gasteiger partial charge in [-0.25, -0.2) is 9.59 Å². The average Bonchev–Trinajstić information content (AvgIpc) is 2.88. The number of esters is 1. The van der Waals surface area contributed by atoms with Gasteiger partial charge in [0.15, 0.2) is 11.3 Å². The number of nitrogens with one attached hydrogen (secondary N) is 2. The molecule has 10 nitrogen and oxygen atoms in total. The molecule has 1 rings (SSSR count). The zero-order valence-corrected chi connectivity index (χ0v) is 14.4. The number of oxime groups is 1. The predicted octanol–water partition coefficient (Wildman–Crippen LogP) is 1.14. The van der Waals surface area contributed by atoms with Crippen molar-refractivity contribution in [2.75, 3.05) is 19.0 Å². The number of hydrogen-bond acceptors (Lipinski definition) is 9. The van der Waals surface area contributed by atoms with E-state index in [1.54, 1.807) is 20.8 Å². The fraction of sp³-hybridized carbons (Fsp3) is 0.462. The Balaban J connectivity index is 2.41. The van der Waals surface area contributed by atoms with Crippen molar-refractivity contribution in [3.05, 3.63) is 5.38 Å². The molecule has 24 heavy (non-hydrogen) atoms. The van der Waals surface area contributed by atoms with Crippen molar-refractivity contribution in [1.29, 1.82) is 0 Å². The highest BCUT2D eigenvalue weighted by Gasteiger charge is 2.17. The predicted molar refractivity (Wildman–Crippen MR) is 86.1 cm³/mol. The first kappa shape index (κ1) is 19.4. The fourth-order valence-corrected chi connectivity index (χ4v) is 1.85. The summed E-state index contributed by atoms with van der Waals surface area (Å²) in [6, 6.07) is 0. The molecule has 0 saturated carbocycles. The minimum absolute atomic E-state index is 0.00274. The van der Waals surface area contributed by atoms with Crippen LogP contribution in [0.2, 0.25) is 0 Å². The molecular formula is C13H18N4O6S. The number of alkyl carbamates (subject to hydrolysis) is 1. The standard InChI is InChI=1S/C13H18N4O6S/c1-13(2,3)23-12(20)14-5-8(18)16-11-17-9(7-24-11)22-10(19)6-15-21-4/h6-7H,5H2,1-4H3,(H,14,20)(H,16,17,18). The van der Waals surface area contributed by atoms with Crippen LogP contribution in [0.1, 0.15) is 20.8 Å². The Hall–Kier alpha value is -2.69. The van der Waals surface area contributed by atoms with Gasteiger partial charge in [-0.15, -0.1) is 11.3 Å². The van der Waals surface area contributed by atoms with Crippen LogP contribution in [0, 0.1) is 0 Å². The summed E-state index contributed by atoms with van der Waals surface area (Å²) in [7, 11) is 1.28. The number of anilines is 1. The summed E-state index contributed by atoms with van der Waals surface area (Å²) in [5, 5.41) is 9.63. The highest BCUT2D eigenvalue weighted by molar-refractivity contribution is 7.14. The molecule has 0 aliphatic carbocycles. The smallest absolute Gasteiger partial charge is 0.408 e. The maximum Gasteiger partial charge on any atom is 0.408 e. The van der Waals surface area contributed by atoms with Crippen LogP contribution in [-0.2, 0) is 19.2 Å². The van der Waals surface area contributed by atoms with Crippen molar-refractivity contribution in [2.24, 2.45) is 5.16 Å². The molecule has 132 valence electrons. The lowest BCUT2D eigenvalue weighted by molar-refractivity contribution is -0.126. The molecule has 1 aromatic rings. The first-order chi connectivity index (χ1) is 11.2. The minimum atomic E-state index is -0.772.